The molecule has 2 fully saturated rings. The number of alkyl halides is 3. The third-order valence-corrected chi connectivity index (χ3v) is 8.02. The number of nitrogens with one attached hydrogen (secondary N) is 1. The van der Waals surface area contributed by atoms with Crippen LogP contribution in [0, 0.1) is 11.3 Å². The molecule has 0 aliphatic heterocycles. The summed E-state index contributed by atoms with van der Waals surface area (Å²) in [6, 6.07) is 6.48. The van der Waals surface area contributed by atoms with Gasteiger partial charge in [0.15, 0.2) is 0 Å². The maximum Gasteiger partial charge on any atom is 0.416 e. The average molecular weight is 551 g/mol. The monoisotopic (exact) mass is 550 g/mol. The van der Waals surface area contributed by atoms with Gasteiger partial charge in [0, 0.05) is 35.6 Å². The Kier molecular flexibility index (Phi) is 6.19. The normalized spacial score (nSPS) is 22.1. The molecule has 8 nitrogen and oxygen atoms in total. The molecule has 208 valence electrons. The smallest absolute Gasteiger partial charge is 0.416 e. The highest BCUT2D eigenvalue weighted by Gasteiger charge is 2.52. The van der Waals surface area contributed by atoms with Gasteiger partial charge < -0.3 is 15.8 Å². The zero-order chi connectivity index (χ0) is 28.2. The van der Waals surface area contributed by atoms with E-state index in [1.54, 1.807) is 24.4 Å². The molecule has 6 rings (SSSR count). The molecule has 2 saturated carbocycles. The van der Waals surface area contributed by atoms with Gasteiger partial charge in [-0.25, -0.2) is 15.0 Å². The van der Waals surface area contributed by atoms with Crippen molar-refractivity contribution in [3.05, 3.63) is 65.9 Å². The number of ether oxygens (including phenoxy) is 1. The minimum Gasteiger partial charge on any atom is -0.493 e. The highest BCUT2D eigenvalue weighted by Crippen LogP contribution is 2.63. The minimum absolute atomic E-state index is 0.196. The quantitative estimate of drug-likeness (QED) is 0.290. The van der Waals surface area contributed by atoms with E-state index in [1.165, 1.54) is 12.8 Å². The molecule has 1 spiro atoms. The molecule has 40 heavy (non-hydrogen) atoms. The first kappa shape index (κ1) is 26.1. The van der Waals surface area contributed by atoms with Crippen LogP contribution in [0.5, 0.6) is 5.75 Å². The van der Waals surface area contributed by atoms with E-state index < -0.39 is 17.6 Å². The zero-order valence-corrected chi connectivity index (χ0v) is 22.1. The first-order valence-electron chi connectivity index (χ1n) is 13.3. The lowest BCUT2D eigenvalue weighted by Gasteiger charge is -2.57. The van der Waals surface area contributed by atoms with Crippen LogP contribution in [-0.2, 0) is 6.18 Å². The third-order valence-electron chi connectivity index (χ3n) is 8.02. The average Bonchev–Trinajstić information content (AvgIpc) is 3.25. The van der Waals surface area contributed by atoms with Gasteiger partial charge in [0.25, 0.3) is 5.91 Å². The number of rotatable bonds is 6. The molecule has 1 amide bonds. The van der Waals surface area contributed by atoms with Crippen molar-refractivity contribution >= 4 is 23.1 Å². The van der Waals surface area contributed by atoms with E-state index in [0.717, 1.165) is 42.9 Å². The first-order valence-corrected chi connectivity index (χ1v) is 13.3. The number of pyridine rings is 1. The summed E-state index contributed by atoms with van der Waals surface area (Å²) in [4.78, 5) is 26.2. The van der Waals surface area contributed by atoms with Crippen molar-refractivity contribution in [3.63, 3.8) is 0 Å². The van der Waals surface area contributed by atoms with E-state index in [9.17, 15) is 18.0 Å². The first-order chi connectivity index (χ1) is 19.1. The molecule has 0 saturated heterocycles. The lowest BCUT2D eigenvalue weighted by atomic mass is 9.48. The van der Waals surface area contributed by atoms with Gasteiger partial charge >= 0.3 is 6.18 Å². The van der Waals surface area contributed by atoms with Crippen molar-refractivity contribution in [2.75, 3.05) is 17.7 Å². The Morgan fingerprint density at radius 2 is 1.93 bits per heavy atom. The van der Waals surface area contributed by atoms with Gasteiger partial charge in [-0.05, 0) is 74.3 Å². The third kappa shape index (κ3) is 4.52. The predicted octanol–water partition coefficient (Wildman–Crippen LogP) is 6.34. The molecule has 0 bridgehead atoms. The summed E-state index contributed by atoms with van der Waals surface area (Å²) in [6.07, 6.45) is 4.70. The van der Waals surface area contributed by atoms with Crippen molar-refractivity contribution in [3.8, 4) is 17.0 Å². The largest absolute Gasteiger partial charge is 0.493 e. The number of anilines is 2. The maximum atomic E-state index is 13.1. The van der Waals surface area contributed by atoms with Crippen LogP contribution in [0.4, 0.5) is 24.8 Å². The number of hydrogen-bond acceptors (Lipinski definition) is 6. The molecule has 1 aromatic carbocycles. The number of carbonyl (C=O) groups excluding carboxylic acids is 1. The van der Waals surface area contributed by atoms with E-state index in [2.05, 4.69) is 22.2 Å². The van der Waals surface area contributed by atoms with Crippen LogP contribution in [0.3, 0.4) is 0 Å². The van der Waals surface area contributed by atoms with Crippen LogP contribution < -0.4 is 15.8 Å². The second kappa shape index (κ2) is 9.50. The van der Waals surface area contributed by atoms with Gasteiger partial charge in [0.2, 0.25) is 0 Å². The number of fused-ring (bicyclic) bond motifs is 1. The number of amides is 1. The Morgan fingerprint density at radius 3 is 2.62 bits per heavy atom. The van der Waals surface area contributed by atoms with Crippen molar-refractivity contribution < 1.29 is 22.7 Å². The van der Waals surface area contributed by atoms with Crippen LogP contribution >= 0.6 is 0 Å². The second-order valence-electron chi connectivity index (χ2n) is 11.0. The van der Waals surface area contributed by atoms with E-state index in [1.807, 2.05) is 17.5 Å². The van der Waals surface area contributed by atoms with Gasteiger partial charge in [-0.3, -0.25) is 9.20 Å². The van der Waals surface area contributed by atoms with Crippen molar-refractivity contribution in [1.29, 1.82) is 0 Å². The Morgan fingerprint density at radius 1 is 1.15 bits per heavy atom. The molecule has 0 radical (unpaired) electrons. The molecule has 3 heterocycles. The van der Waals surface area contributed by atoms with E-state index in [-0.39, 0.29) is 11.4 Å². The predicted molar refractivity (Wildman–Crippen MR) is 144 cm³/mol. The zero-order valence-electron chi connectivity index (χ0n) is 22.1. The van der Waals surface area contributed by atoms with Crippen molar-refractivity contribution in [2.45, 2.75) is 51.6 Å². The summed E-state index contributed by atoms with van der Waals surface area (Å²) >= 11 is 0. The highest BCUT2D eigenvalue weighted by molar-refractivity contribution is 6.04. The molecular weight excluding hydrogens is 521 g/mol. The van der Waals surface area contributed by atoms with Gasteiger partial charge in [-0.15, -0.1) is 0 Å². The van der Waals surface area contributed by atoms with Crippen molar-refractivity contribution in [1.82, 2.24) is 19.4 Å². The number of nitrogens with two attached hydrogens (primary N) is 1. The summed E-state index contributed by atoms with van der Waals surface area (Å²) in [5.41, 5.74) is 8.00. The number of nitrogen functional groups attached to an aromatic ring is 1. The molecule has 3 N–H and O–H groups in total. The standard InChI is InChI=1S/C29H29F3N6O2/c1-3-40-21-10-17(27(39)36-22-11-19(6-7-34-22)29(30,31)32)4-5-20(21)23-24-25(33)35-8-9-38(24)26(37-23)18-14-28(15-18)12-16(2)13-28/h4-11,16,18H,3,12-15H2,1-2H3,(H2,33,35)(H,34,36,39). The lowest BCUT2D eigenvalue weighted by molar-refractivity contribution is -0.137. The number of aromatic nitrogens is 4. The number of carbonyl (C=O) groups is 1. The van der Waals surface area contributed by atoms with E-state index in [0.29, 0.717) is 46.3 Å². The Labute approximate surface area is 228 Å². The molecular formula is C29H29F3N6O2. The fourth-order valence-corrected chi connectivity index (χ4v) is 6.48. The van der Waals surface area contributed by atoms with Gasteiger partial charge in [0.05, 0.1) is 12.2 Å². The summed E-state index contributed by atoms with van der Waals surface area (Å²) < 4.78 is 47.2. The number of halogens is 3. The Balaban J connectivity index is 1.33. The Hall–Kier alpha value is -4.15. The summed E-state index contributed by atoms with van der Waals surface area (Å²) in [6.45, 7) is 4.44. The van der Waals surface area contributed by atoms with Gasteiger partial charge in [0.1, 0.15) is 34.4 Å². The van der Waals surface area contributed by atoms with Gasteiger partial charge in [-0.1, -0.05) is 6.92 Å². The molecule has 0 atom stereocenters. The SMILES string of the molecule is CCOc1cc(C(=O)Nc2cc(C(F)(F)F)ccn2)ccc1-c1nc(C2CC3(CC(C)C3)C2)n2ccnc(N)c12. The van der Waals surface area contributed by atoms with E-state index in [4.69, 9.17) is 15.5 Å². The molecule has 4 aromatic rings. The molecule has 2 aliphatic rings. The number of benzene rings is 1. The summed E-state index contributed by atoms with van der Waals surface area (Å²) in [7, 11) is 0. The van der Waals surface area contributed by atoms with Crippen molar-refractivity contribution in [2.24, 2.45) is 11.3 Å². The van der Waals surface area contributed by atoms with Crippen LogP contribution in [0.25, 0.3) is 16.8 Å². The fraction of sp³-hybridized carbons (Fsp3) is 0.379. The maximum absolute atomic E-state index is 13.1. The van der Waals surface area contributed by atoms with Crippen LogP contribution in [0.1, 0.15) is 67.2 Å². The highest BCUT2D eigenvalue weighted by atomic mass is 19.4. The number of nitrogens with zero attached hydrogens (tertiary/aromatic N) is 4. The number of hydrogen-bond donors (Lipinski definition) is 2. The number of imidazole rings is 1. The molecule has 3 aromatic heterocycles. The lowest BCUT2D eigenvalue weighted by Crippen LogP contribution is -2.46. The minimum atomic E-state index is -4.55. The second-order valence-corrected chi connectivity index (χ2v) is 11.0. The molecule has 0 unspecified atom stereocenters. The van der Waals surface area contributed by atoms with Crippen LogP contribution in [-0.4, -0.2) is 31.9 Å². The molecule has 2 aliphatic carbocycles. The van der Waals surface area contributed by atoms with Crippen LogP contribution in [0.15, 0.2) is 48.9 Å². The Bertz CT molecular complexity index is 1600. The van der Waals surface area contributed by atoms with Gasteiger partial charge in [-0.2, -0.15) is 13.2 Å². The summed E-state index contributed by atoms with van der Waals surface area (Å²) in [5, 5.41) is 2.44. The fourth-order valence-electron chi connectivity index (χ4n) is 6.48. The summed E-state index contributed by atoms with van der Waals surface area (Å²) in [5.74, 6) is 1.94. The molecule has 11 heteroatoms. The topological polar surface area (TPSA) is 107 Å². The van der Waals surface area contributed by atoms with Crippen LogP contribution in [0.2, 0.25) is 0 Å². The van der Waals surface area contributed by atoms with E-state index >= 15 is 0 Å².